The van der Waals surface area contributed by atoms with Gasteiger partial charge in [0.1, 0.15) is 5.60 Å². The fraction of sp³-hybridized carbons (Fsp3) is 0.867. The molecule has 2 aliphatic rings. The molecule has 1 atom stereocenters. The Balaban J connectivity index is 1.94. The normalized spacial score (nSPS) is 22.7. The minimum atomic E-state index is -0.802. The van der Waals surface area contributed by atoms with Gasteiger partial charge in [0.25, 0.3) is 0 Å². The number of carbonyl (C=O) groups excluding carboxylic acids is 1. The zero-order valence-corrected chi connectivity index (χ0v) is 13.2. The molecule has 0 aromatic carbocycles. The maximum absolute atomic E-state index is 12.2. The van der Waals surface area contributed by atoms with E-state index in [2.05, 4.69) is 0 Å². The van der Waals surface area contributed by atoms with E-state index in [-0.39, 0.29) is 18.7 Å². The predicted octanol–water partition coefficient (Wildman–Crippen LogP) is 1.93. The summed E-state index contributed by atoms with van der Waals surface area (Å²) in [6.45, 7) is 6.97. The van der Waals surface area contributed by atoms with Crippen molar-refractivity contribution < 1.29 is 19.4 Å². The number of hydrogen-bond donors (Lipinski definition) is 1. The summed E-state index contributed by atoms with van der Waals surface area (Å²) in [7, 11) is 0. The number of hydrogen-bond acceptors (Lipinski definition) is 4. The van der Waals surface area contributed by atoms with Crippen LogP contribution in [0.1, 0.15) is 46.5 Å². The van der Waals surface area contributed by atoms with Gasteiger partial charge in [-0.1, -0.05) is 0 Å². The molecule has 21 heavy (non-hydrogen) atoms. The summed E-state index contributed by atoms with van der Waals surface area (Å²) in [6, 6.07) is 0.446. The van der Waals surface area contributed by atoms with Crippen LogP contribution in [0.4, 0.5) is 4.79 Å². The highest BCUT2D eigenvalue weighted by Crippen LogP contribution is 2.29. The van der Waals surface area contributed by atoms with Crippen molar-refractivity contribution in [3.05, 3.63) is 0 Å². The Kier molecular flexibility index (Phi) is 4.76. The number of carbonyl (C=O) groups is 2. The highest BCUT2D eigenvalue weighted by Gasteiger charge is 2.37. The van der Waals surface area contributed by atoms with Crippen LogP contribution in [0.5, 0.6) is 0 Å². The molecule has 1 unspecified atom stereocenters. The minimum Gasteiger partial charge on any atom is -0.480 e. The second-order valence-corrected chi connectivity index (χ2v) is 7.02. The van der Waals surface area contributed by atoms with Crippen molar-refractivity contribution in [2.24, 2.45) is 0 Å². The Hall–Kier alpha value is -1.30. The number of amides is 1. The van der Waals surface area contributed by atoms with Gasteiger partial charge in [0.15, 0.2) is 0 Å². The summed E-state index contributed by atoms with van der Waals surface area (Å²) >= 11 is 0. The molecule has 1 heterocycles. The van der Waals surface area contributed by atoms with Crippen molar-refractivity contribution in [3.63, 3.8) is 0 Å². The van der Waals surface area contributed by atoms with Crippen molar-refractivity contribution in [1.29, 1.82) is 0 Å². The molecule has 0 spiro atoms. The van der Waals surface area contributed by atoms with E-state index < -0.39 is 11.6 Å². The first-order valence-corrected chi connectivity index (χ1v) is 7.72. The fourth-order valence-corrected chi connectivity index (χ4v) is 2.81. The van der Waals surface area contributed by atoms with E-state index in [9.17, 15) is 9.59 Å². The number of carboxylic acids is 1. The van der Waals surface area contributed by atoms with Crippen molar-refractivity contribution in [2.75, 3.05) is 19.6 Å². The summed E-state index contributed by atoms with van der Waals surface area (Å²) in [5.74, 6) is -0.802. The van der Waals surface area contributed by atoms with E-state index in [0.29, 0.717) is 19.1 Å². The van der Waals surface area contributed by atoms with Crippen molar-refractivity contribution in [2.45, 2.75) is 64.1 Å². The zero-order valence-electron chi connectivity index (χ0n) is 13.2. The third kappa shape index (κ3) is 4.88. The van der Waals surface area contributed by atoms with E-state index in [4.69, 9.17) is 9.84 Å². The van der Waals surface area contributed by atoms with Crippen molar-refractivity contribution >= 4 is 12.1 Å². The summed E-state index contributed by atoms with van der Waals surface area (Å²) in [5, 5.41) is 9.02. The number of rotatable bonds is 5. The summed E-state index contributed by atoms with van der Waals surface area (Å²) in [4.78, 5) is 27.0. The SMILES string of the molecule is CC(C)(C)OC(=O)N1CCCC1CN(CC(=O)O)C1CC1. The Labute approximate surface area is 126 Å². The monoisotopic (exact) mass is 298 g/mol. The average molecular weight is 298 g/mol. The lowest BCUT2D eigenvalue weighted by Gasteiger charge is -2.31. The van der Waals surface area contributed by atoms with Gasteiger partial charge in [0, 0.05) is 25.2 Å². The molecule has 0 bridgehead atoms. The van der Waals surface area contributed by atoms with Crippen molar-refractivity contribution in [3.8, 4) is 0 Å². The van der Waals surface area contributed by atoms with Gasteiger partial charge in [-0.2, -0.15) is 0 Å². The quantitative estimate of drug-likeness (QED) is 0.840. The lowest BCUT2D eigenvalue weighted by atomic mass is 10.2. The molecule has 1 aliphatic carbocycles. The number of carboxylic acid groups (broad SMARTS) is 1. The van der Waals surface area contributed by atoms with E-state index in [1.165, 1.54) is 0 Å². The molecule has 1 saturated carbocycles. The maximum atomic E-state index is 12.2. The molecule has 1 aliphatic heterocycles. The van der Waals surface area contributed by atoms with E-state index in [0.717, 1.165) is 25.7 Å². The lowest BCUT2D eigenvalue weighted by molar-refractivity contribution is -0.138. The third-order valence-electron chi connectivity index (χ3n) is 3.85. The van der Waals surface area contributed by atoms with Gasteiger partial charge in [0.05, 0.1) is 6.54 Å². The molecule has 6 heteroatoms. The Bertz CT molecular complexity index is 401. The molecule has 2 fully saturated rings. The van der Waals surface area contributed by atoms with Gasteiger partial charge in [-0.05, 0) is 46.5 Å². The molecular weight excluding hydrogens is 272 g/mol. The van der Waals surface area contributed by atoms with Crippen LogP contribution in [0.3, 0.4) is 0 Å². The molecule has 0 radical (unpaired) electrons. The molecule has 1 amide bonds. The molecule has 0 aromatic heterocycles. The summed E-state index contributed by atoms with van der Waals surface area (Å²) in [6.07, 6.45) is 3.72. The second kappa shape index (κ2) is 6.22. The van der Waals surface area contributed by atoms with E-state index in [1.54, 1.807) is 4.90 Å². The number of nitrogens with zero attached hydrogens (tertiary/aromatic N) is 2. The number of aliphatic carboxylic acids is 1. The first kappa shape index (κ1) is 16.1. The molecular formula is C15H26N2O4. The van der Waals surface area contributed by atoms with Gasteiger partial charge >= 0.3 is 12.1 Å². The smallest absolute Gasteiger partial charge is 0.410 e. The average Bonchev–Trinajstić information content (AvgIpc) is 3.06. The maximum Gasteiger partial charge on any atom is 0.410 e. The van der Waals surface area contributed by atoms with Gasteiger partial charge in [-0.15, -0.1) is 0 Å². The van der Waals surface area contributed by atoms with Crippen LogP contribution >= 0.6 is 0 Å². The number of likely N-dealkylation sites (tertiary alicyclic amines) is 1. The summed E-state index contributed by atoms with van der Waals surface area (Å²) < 4.78 is 5.44. The first-order valence-electron chi connectivity index (χ1n) is 7.72. The Morgan fingerprint density at radius 1 is 1.29 bits per heavy atom. The van der Waals surface area contributed by atoms with Gasteiger partial charge < -0.3 is 14.7 Å². The van der Waals surface area contributed by atoms with Gasteiger partial charge in [-0.25, -0.2) is 4.79 Å². The molecule has 0 aromatic rings. The van der Waals surface area contributed by atoms with Gasteiger partial charge in [-0.3, -0.25) is 9.69 Å². The van der Waals surface area contributed by atoms with Crippen LogP contribution in [-0.4, -0.2) is 64.3 Å². The topological polar surface area (TPSA) is 70.1 Å². The standard InChI is InChI=1S/C15H26N2O4/c1-15(2,3)21-14(20)17-8-4-5-12(17)9-16(10-13(18)19)11-6-7-11/h11-12H,4-10H2,1-3H3,(H,18,19). The molecule has 6 nitrogen and oxygen atoms in total. The molecule has 2 rings (SSSR count). The molecule has 1 N–H and O–H groups in total. The third-order valence-corrected chi connectivity index (χ3v) is 3.85. The fourth-order valence-electron chi connectivity index (χ4n) is 2.81. The Morgan fingerprint density at radius 2 is 1.95 bits per heavy atom. The second-order valence-electron chi connectivity index (χ2n) is 7.02. The largest absolute Gasteiger partial charge is 0.480 e. The van der Waals surface area contributed by atoms with Crippen LogP contribution in [-0.2, 0) is 9.53 Å². The molecule has 1 saturated heterocycles. The lowest BCUT2D eigenvalue weighted by Crippen LogP contribution is -2.46. The predicted molar refractivity (Wildman–Crippen MR) is 78.2 cm³/mol. The number of ether oxygens (including phenoxy) is 1. The minimum absolute atomic E-state index is 0.0589. The van der Waals surface area contributed by atoms with Crippen LogP contribution in [0, 0.1) is 0 Å². The summed E-state index contributed by atoms with van der Waals surface area (Å²) in [5.41, 5.74) is -0.499. The van der Waals surface area contributed by atoms with E-state index >= 15 is 0 Å². The van der Waals surface area contributed by atoms with Crippen LogP contribution in [0.15, 0.2) is 0 Å². The highest BCUT2D eigenvalue weighted by atomic mass is 16.6. The van der Waals surface area contributed by atoms with Crippen LogP contribution < -0.4 is 0 Å². The zero-order chi connectivity index (χ0) is 15.6. The molecule has 120 valence electrons. The van der Waals surface area contributed by atoms with E-state index in [1.807, 2.05) is 25.7 Å². The Morgan fingerprint density at radius 3 is 2.48 bits per heavy atom. The van der Waals surface area contributed by atoms with Crippen LogP contribution in [0.25, 0.3) is 0 Å². The highest BCUT2D eigenvalue weighted by molar-refractivity contribution is 5.70. The first-order chi connectivity index (χ1) is 9.76. The van der Waals surface area contributed by atoms with Crippen LogP contribution in [0.2, 0.25) is 0 Å². The van der Waals surface area contributed by atoms with Gasteiger partial charge in [0.2, 0.25) is 0 Å². The van der Waals surface area contributed by atoms with Crippen molar-refractivity contribution in [1.82, 2.24) is 9.80 Å².